The van der Waals surface area contributed by atoms with Crippen LogP contribution in [0.4, 0.5) is 0 Å². The zero-order valence-corrected chi connectivity index (χ0v) is 12.8. The third-order valence-electron chi connectivity index (χ3n) is 3.22. The zero-order chi connectivity index (χ0) is 15.4. The van der Waals surface area contributed by atoms with Crippen LogP contribution in [0.1, 0.15) is 17.2 Å². The summed E-state index contributed by atoms with van der Waals surface area (Å²) in [4.78, 5) is 0. The number of hydrogen-bond acceptors (Lipinski definition) is 4. The molecule has 0 aliphatic carbocycles. The molecule has 0 bridgehead atoms. The minimum absolute atomic E-state index is 0.333. The fourth-order valence-electron chi connectivity index (χ4n) is 2.12. The average Bonchev–Trinajstić information content (AvgIpc) is 2.53. The third kappa shape index (κ3) is 3.06. The quantitative estimate of drug-likeness (QED) is 0.919. The maximum Gasteiger partial charge on any atom is 0.147 e. The van der Waals surface area contributed by atoms with Gasteiger partial charge < -0.3 is 19.3 Å². The van der Waals surface area contributed by atoms with Gasteiger partial charge >= 0.3 is 0 Å². The first-order valence-corrected chi connectivity index (χ1v) is 6.72. The van der Waals surface area contributed by atoms with Crippen molar-refractivity contribution < 1.29 is 19.3 Å². The summed E-state index contributed by atoms with van der Waals surface area (Å²) in [7, 11) is 4.61. The lowest BCUT2D eigenvalue weighted by Crippen LogP contribution is -2.04. The van der Waals surface area contributed by atoms with E-state index in [4.69, 9.17) is 25.8 Å². The Morgan fingerprint density at radius 3 is 2.38 bits per heavy atom. The molecule has 0 aliphatic heterocycles. The molecule has 0 fully saturated rings. The summed E-state index contributed by atoms with van der Waals surface area (Å²) < 4.78 is 15.6. The summed E-state index contributed by atoms with van der Waals surface area (Å²) in [6.07, 6.45) is -0.876. The Balaban J connectivity index is 2.47. The van der Waals surface area contributed by atoms with Crippen molar-refractivity contribution in [1.82, 2.24) is 0 Å². The van der Waals surface area contributed by atoms with Crippen molar-refractivity contribution >= 4 is 11.6 Å². The van der Waals surface area contributed by atoms with Crippen molar-refractivity contribution in [3.05, 3.63) is 52.5 Å². The molecule has 21 heavy (non-hydrogen) atoms. The molecule has 0 amide bonds. The van der Waals surface area contributed by atoms with Gasteiger partial charge in [-0.2, -0.15) is 0 Å². The average molecular weight is 309 g/mol. The molecular formula is C16H17ClO4. The third-order valence-corrected chi connectivity index (χ3v) is 3.58. The van der Waals surface area contributed by atoms with E-state index in [1.165, 1.54) is 14.2 Å². The second-order valence-corrected chi connectivity index (χ2v) is 4.76. The number of aliphatic hydroxyl groups is 1. The van der Waals surface area contributed by atoms with Crippen LogP contribution in [0.2, 0.25) is 5.02 Å². The van der Waals surface area contributed by atoms with Gasteiger partial charge in [-0.3, -0.25) is 0 Å². The topological polar surface area (TPSA) is 47.9 Å². The van der Waals surface area contributed by atoms with Gasteiger partial charge in [0.2, 0.25) is 0 Å². The van der Waals surface area contributed by atoms with Gasteiger partial charge in [0.15, 0.2) is 0 Å². The highest BCUT2D eigenvalue weighted by Crippen LogP contribution is 2.41. The SMILES string of the molecule is COc1cccc(C(O)c2ccc(OC)c(Cl)c2OC)c1. The Bertz CT molecular complexity index is 628. The predicted octanol–water partition coefficient (Wildman–Crippen LogP) is 3.45. The van der Waals surface area contributed by atoms with Gasteiger partial charge in [-0.1, -0.05) is 23.7 Å². The fraction of sp³-hybridized carbons (Fsp3) is 0.250. The smallest absolute Gasteiger partial charge is 0.147 e. The molecule has 0 spiro atoms. The standard InChI is InChI=1S/C16H17ClO4/c1-19-11-6-4-5-10(9-11)15(18)12-7-8-13(20-2)14(17)16(12)21-3/h4-9,15,18H,1-3H3. The molecule has 5 heteroatoms. The van der Waals surface area contributed by atoms with E-state index < -0.39 is 6.10 Å². The molecular weight excluding hydrogens is 292 g/mol. The second-order valence-electron chi connectivity index (χ2n) is 4.38. The molecule has 2 rings (SSSR count). The maximum absolute atomic E-state index is 10.6. The Morgan fingerprint density at radius 2 is 1.76 bits per heavy atom. The summed E-state index contributed by atoms with van der Waals surface area (Å²) >= 11 is 6.22. The van der Waals surface area contributed by atoms with Gasteiger partial charge in [0.1, 0.15) is 28.4 Å². The van der Waals surface area contributed by atoms with Gasteiger partial charge in [-0.05, 0) is 29.8 Å². The Labute approximate surface area is 128 Å². The van der Waals surface area contributed by atoms with E-state index >= 15 is 0 Å². The van der Waals surface area contributed by atoms with Crippen molar-refractivity contribution in [1.29, 1.82) is 0 Å². The molecule has 1 N–H and O–H groups in total. The van der Waals surface area contributed by atoms with Crippen LogP contribution >= 0.6 is 11.6 Å². The summed E-state index contributed by atoms with van der Waals surface area (Å²) in [5.41, 5.74) is 1.26. The maximum atomic E-state index is 10.6. The summed E-state index contributed by atoms with van der Waals surface area (Å²) in [5, 5.41) is 10.9. The highest BCUT2D eigenvalue weighted by Gasteiger charge is 2.20. The van der Waals surface area contributed by atoms with Crippen LogP contribution in [-0.2, 0) is 0 Å². The molecule has 1 unspecified atom stereocenters. The Hall–Kier alpha value is -1.91. The van der Waals surface area contributed by atoms with E-state index in [9.17, 15) is 5.11 Å². The van der Waals surface area contributed by atoms with Crippen molar-refractivity contribution in [3.8, 4) is 17.2 Å². The largest absolute Gasteiger partial charge is 0.497 e. The van der Waals surface area contributed by atoms with Crippen LogP contribution in [0.15, 0.2) is 36.4 Å². The number of rotatable bonds is 5. The lowest BCUT2D eigenvalue weighted by molar-refractivity contribution is 0.214. The van der Waals surface area contributed by atoms with Crippen LogP contribution in [-0.4, -0.2) is 26.4 Å². The van der Waals surface area contributed by atoms with E-state index in [0.29, 0.717) is 33.4 Å². The van der Waals surface area contributed by atoms with Crippen LogP contribution in [0, 0.1) is 0 Å². The number of aliphatic hydroxyl groups excluding tert-OH is 1. The number of ether oxygens (including phenoxy) is 3. The minimum atomic E-state index is -0.876. The van der Waals surface area contributed by atoms with E-state index in [2.05, 4.69) is 0 Å². The first-order chi connectivity index (χ1) is 10.1. The highest BCUT2D eigenvalue weighted by atomic mass is 35.5. The van der Waals surface area contributed by atoms with E-state index in [0.717, 1.165) is 0 Å². The first-order valence-electron chi connectivity index (χ1n) is 6.34. The molecule has 112 valence electrons. The number of methoxy groups -OCH3 is 3. The van der Waals surface area contributed by atoms with Crippen molar-refractivity contribution in [2.45, 2.75) is 6.10 Å². The Kier molecular flexibility index (Phi) is 4.94. The molecule has 2 aromatic rings. The van der Waals surface area contributed by atoms with E-state index in [1.54, 1.807) is 25.3 Å². The van der Waals surface area contributed by atoms with Crippen LogP contribution in [0.5, 0.6) is 17.2 Å². The van der Waals surface area contributed by atoms with Gasteiger partial charge in [0.05, 0.1) is 21.3 Å². The van der Waals surface area contributed by atoms with Crippen molar-refractivity contribution in [3.63, 3.8) is 0 Å². The molecule has 0 saturated carbocycles. The Morgan fingerprint density at radius 1 is 1.00 bits per heavy atom. The summed E-state index contributed by atoms with van der Waals surface area (Å²) in [6.45, 7) is 0. The molecule has 0 aromatic heterocycles. The van der Waals surface area contributed by atoms with Crippen molar-refractivity contribution in [2.75, 3.05) is 21.3 Å². The van der Waals surface area contributed by atoms with Crippen molar-refractivity contribution in [2.24, 2.45) is 0 Å². The number of benzene rings is 2. The highest BCUT2D eigenvalue weighted by molar-refractivity contribution is 6.33. The van der Waals surface area contributed by atoms with E-state index in [1.807, 2.05) is 18.2 Å². The summed E-state index contributed by atoms with van der Waals surface area (Å²) in [5.74, 6) is 1.56. The minimum Gasteiger partial charge on any atom is -0.497 e. The van der Waals surface area contributed by atoms with E-state index in [-0.39, 0.29) is 0 Å². The van der Waals surface area contributed by atoms with Gasteiger partial charge in [-0.15, -0.1) is 0 Å². The van der Waals surface area contributed by atoms with Gasteiger partial charge in [0.25, 0.3) is 0 Å². The molecule has 0 radical (unpaired) electrons. The number of halogens is 1. The molecule has 0 aliphatic rings. The van der Waals surface area contributed by atoms with Gasteiger partial charge in [0, 0.05) is 5.56 Å². The van der Waals surface area contributed by atoms with Crippen LogP contribution < -0.4 is 14.2 Å². The second kappa shape index (κ2) is 6.70. The lowest BCUT2D eigenvalue weighted by Gasteiger charge is -2.18. The lowest BCUT2D eigenvalue weighted by atomic mass is 10.00. The molecule has 0 heterocycles. The van der Waals surface area contributed by atoms with Gasteiger partial charge in [-0.25, -0.2) is 0 Å². The van der Waals surface area contributed by atoms with Crippen LogP contribution in [0.25, 0.3) is 0 Å². The monoisotopic (exact) mass is 308 g/mol. The van der Waals surface area contributed by atoms with Crippen LogP contribution in [0.3, 0.4) is 0 Å². The molecule has 1 atom stereocenters. The molecule has 4 nitrogen and oxygen atoms in total. The molecule has 0 saturated heterocycles. The normalized spacial score (nSPS) is 11.9. The number of hydrogen-bond donors (Lipinski definition) is 1. The fourth-order valence-corrected chi connectivity index (χ4v) is 2.45. The first kappa shape index (κ1) is 15.5. The predicted molar refractivity (Wildman–Crippen MR) is 81.6 cm³/mol. The molecule has 2 aromatic carbocycles. The zero-order valence-electron chi connectivity index (χ0n) is 12.1. The summed E-state index contributed by atoms with van der Waals surface area (Å²) in [6, 6.07) is 10.6.